The Morgan fingerprint density at radius 1 is 0.976 bits per heavy atom. The maximum absolute atomic E-state index is 13.0. The number of rotatable bonds is 8. The van der Waals surface area contributed by atoms with E-state index in [4.69, 9.17) is 5.10 Å². The van der Waals surface area contributed by atoms with Gasteiger partial charge in [0.25, 0.3) is 0 Å². The number of hydrogen-bond acceptors (Lipinski definition) is 3. The summed E-state index contributed by atoms with van der Waals surface area (Å²) in [7, 11) is 0. The van der Waals surface area contributed by atoms with Gasteiger partial charge in [0.15, 0.2) is 0 Å². The van der Waals surface area contributed by atoms with Crippen LogP contribution >= 0.6 is 0 Å². The summed E-state index contributed by atoms with van der Waals surface area (Å²) in [5.41, 5.74) is 6.12. The van der Waals surface area contributed by atoms with E-state index in [0.717, 1.165) is 55.3 Å². The number of carbonyl (C=O) groups is 2. The summed E-state index contributed by atoms with van der Waals surface area (Å²) in [6.07, 6.45) is 6.89. The van der Waals surface area contributed by atoms with Gasteiger partial charge in [0.05, 0.1) is 11.4 Å². The van der Waals surface area contributed by atoms with Gasteiger partial charge in [-0.05, 0) is 53.1 Å². The molecule has 0 saturated heterocycles. The molecular formula is C34H28N4O3. The van der Waals surface area contributed by atoms with E-state index in [1.165, 1.54) is 6.08 Å². The molecule has 1 atom stereocenters. The lowest BCUT2D eigenvalue weighted by Crippen LogP contribution is -2.41. The molecule has 41 heavy (non-hydrogen) atoms. The van der Waals surface area contributed by atoms with E-state index < -0.39 is 17.9 Å². The van der Waals surface area contributed by atoms with Crippen molar-refractivity contribution in [2.45, 2.75) is 19.4 Å². The number of fused-ring (bicyclic) bond motifs is 2. The molecule has 0 aliphatic carbocycles. The fourth-order valence-corrected chi connectivity index (χ4v) is 5.12. The molecule has 0 unspecified atom stereocenters. The van der Waals surface area contributed by atoms with Gasteiger partial charge in [-0.2, -0.15) is 5.10 Å². The SMILES string of the molecule is Cc1ccccc1-n1cc(C=CC(=O)N[C@@H](Cc2c[nH]c3ccccc23)C(=O)O)c(-c2ccc3ccccc3c2)n1. The number of para-hydroxylation sites is 2. The lowest BCUT2D eigenvalue weighted by molar-refractivity contribution is -0.141. The molecule has 202 valence electrons. The highest BCUT2D eigenvalue weighted by atomic mass is 16.4. The first-order valence-electron chi connectivity index (χ1n) is 13.4. The van der Waals surface area contributed by atoms with E-state index in [2.05, 4.69) is 34.6 Å². The molecule has 1 amide bonds. The first kappa shape index (κ1) is 25.8. The number of aromatic amines is 1. The minimum Gasteiger partial charge on any atom is -0.480 e. The predicted molar refractivity (Wildman–Crippen MR) is 162 cm³/mol. The summed E-state index contributed by atoms with van der Waals surface area (Å²) in [5, 5.41) is 20.6. The molecule has 0 bridgehead atoms. The summed E-state index contributed by atoms with van der Waals surface area (Å²) in [6.45, 7) is 2.02. The second-order valence-corrected chi connectivity index (χ2v) is 10.0. The predicted octanol–water partition coefficient (Wildman–Crippen LogP) is 6.31. The topological polar surface area (TPSA) is 100 Å². The fourth-order valence-electron chi connectivity index (χ4n) is 5.12. The van der Waals surface area contributed by atoms with Crippen LogP contribution in [0.3, 0.4) is 0 Å². The molecule has 2 aromatic heterocycles. The molecule has 6 aromatic rings. The maximum atomic E-state index is 13.0. The summed E-state index contributed by atoms with van der Waals surface area (Å²) in [4.78, 5) is 28.2. The average Bonchev–Trinajstić information content (AvgIpc) is 3.60. The quantitative estimate of drug-likeness (QED) is 0.197. The Bertz CT molecular complexity index is 1930. The second-order valence-electron chi connectivity index (χ2n) is 10.0. The van der Waals surface area contributed by atoms with Gasteiger partial charge in [0, 0.05) is 46.9 Å². The minimum absolute atomic E-state index is 0.159. The Balaban J connectivity index is 1.30. The zero-order valence-corrected chi connectivity index (χ0v) is 22.4. The van der Waals surface area contributed by atoms with Gasteiger partial charge in [-0.25, -0.2) is 9.48 Å². The van der Waals surface area contributed by atoms with Crippen LogP contribution in [0.5, 0.6) is 0 Å². The molecule has 2 heterocycles. The van der Waals surface area contributed by atoms with Crippen molar-refractivity contribution in [2.75, 3.05) is 0 Å². The van der Waals surface area contributed by atoms with Gasteiger partial charge in [-0.15, -0.1) is 0 Å². The van der Waals surface area contributed by atoms with Crippen molar-refractivity contribution in [1.82, 2.24) is 20.1 Å². The third-order valence-corrected chi connectivity index (χ3v) is 7.26. The Hall–Kier alpha value is -5.43. The van der Waals surface area contributed by atoms with Gasteiger partial charge in [-0.3, -0.25) is 4.79 Å². The first-order chi connectivity index (χ1) is 20.0. The number of H-pyrrole nitrogens is 1. The number of carbonyl (C=O) groups excluding carboxylic acids is 1. The number of carboxylic acid groups (broad SMARTS) is 1. The molecule has 0 spiro atoms. The van der Waals surface area contributed by atoms with E-state index in [9.17, 15) is 14.7 Å². The van der Waals surface area contributed by atoms with Crippen LogP contribution in [0.2, 0.25) is 0 Å². The minimum atomic E-state index is -1.10. The zero-order chi connectivity index (χ0) is 28.3. The van der Waals surface area contributed by atoms with Crippen molar-refractivity contribution in [3.8, 4) is 16.9 Å². The Kier molecular flexibility index (Phi) is 6.92. The van der Waals surface area contributed by atoms with Crippen molar-refractivity contribution in [1.29, 1.82) is 0 Å². The van der Waals surface area contributed by atoms with Gasteiger partial charge in [0.2, 0.25) is 5.91 Å². The normalized spacial score (nSPS) is 12.2. The number of nitrogens with zero attached hydrogens (tertiary/aromatic N) is 2. The summed E-state index contributed by atoms with van der Waals surface area (Å²) in [6, 6.07) is 28.8. The van der Waals surface area contributed by atoms with E-state index in [0.29, 0.717) is 0 Å². The third kappa shape index (κ3) is 5.38. The number of aryl methyl sites for hydroxylation is 1. The molecule has 7 heteroatoms. The van der Waals surface area contributed by atoms with Crippen LogP contribution in [0.15, 0.2) is 109 Å². The van der Waals surface area contributed by atoms with Crippen LogP contribution in [0, 0.1) is 6.92 Å². The van der Waals surface area contributed by atoms with E-state index in [1.807, 2.05) is 84.5 Å². The Morgan fingerprint density at radius 3 is 2.56 bits per heavy atom. The summed E-state index contributed by atoms with van der Waals surface area (Å²) >= 11 is 0. The smallest absolute Gasteiger partial charge is 0.326 e. The zero-order valence-electron chi connectivity index (χ0n) is 22.4. The van der Waals surface area contributed by atoms with E-state index in [1.54, 1.807) is 12.3 Å². The van der Waals surface area contributed by atoms with Gasteiger partial charge >= 0.3 is 5.97 Å². The number of carboxylic acids is 1. The summed E-state index contributed by atoms with van der Waals surface area (Å²) < 4.78 is 1.81. The highest BCUT2D eigenvalue weighted by molar-refractivity contribution is 5.96. The van der Waals surface area contributed by atoms with E-state index >= 15 is 0 Å². The highest BCUT2D eigenvalue weighted by Crippen LogP contribution is 2.29. The molecule has 0 aliphatic rings. The molecule has 7 nitrogen and oxygen atoms in total. The van der Waals surface area contributed by atoms with Crippen LogP contribution in [-0.4, -0.2) is 37.8 Å². The van der Waals surface area contributed by atoms with Crippen molar-refractivity contribution in [3.05, 3.63) is 126 Å². The molecule has 3 N–H and O–H groups in total. The van der Waals surface area contributed by atoms with Crippen LogP contribution in [0.1, 0.15) is 16.7 Å². The lowest BCUT2D eigenvalue weighted by atomic mass is 10.0. The van der Waals surface area contributed by atoms with Gasteiger partial charge in [-0.1, -0.05) is 72.8 Å². The number of aromatic nitrogens is 3. The lowest BCUT2D eigenvalue weighted by Gasteiger charge is -2.12. The second kappa shape index (κ2) is 11.0. The van der Waals surface area contributed by atoms with Gasteiger partial charge < -0.3 is 15.4 Å². The number of nitrogens with one attached hydrogen (secondary N) is 2. The average molecular weight is 541 g/mol. The van der Waals surface area contributed by atoms with Crippen molar-refractivity contribution < 1.29 is 14.7 Å². The Labute approximate surface area is 236 Å². The van der Waals surface area contributed by atoms with Crippen molar-refractivity contribution in [2.24, 2.45) is 0 Å². The number of amides is 1. The number of aliphatic carboxylic acids is 1. The number of benzene rings is 4. The van der Waals surface area contributed by atoms with Crippen molar-refractivity contribution in [3.63, 3.8) is 0 Å². The standard InChI is InChI=1S/C34H28N4O3/c1-22-8-2-7-13-31(22)38-21-26(33(37-38)25-15-14-23-9-3-4-10-24(23)18-25)16-17-32(39)36-30(34(40)41)19-27-20-35-29-12-6-5-11-28(27)29/h2-18,20-21,30,35H,19H2,1H3,(H,36,39)(H,40,41)/t30-/m0/s1. The molecule has 0 aliphatic heterocycles. The van der Waals surface area contributed by atoms with Crippen LogP contribution in [-0.2, 0) is 16.0 Å². The van der Waals surface area contributed by atoms with Crippen LogP contribution < -0.4 is 5.32 Å². The number of hydrogen-bond donors (Lipinski definition) is 3. The fraction of sp³-hybridized carbons (Fsp3) is 0.0882. The first-order valence-corrected chi connectivity index (χ1v) is 13.4. The highest BCUT2D eigenvalue weighted by Gasteiger charge is 2.21. The molecule has 0 fully saturated rings. The summed E-state index contributed by atoms with van der Waals surface area (Å²) in [5.74, 6) is -1.59. The maximum Gasteiger partial charge on any atom is 0.326 e. The molecular weight excluding hydrogens is 512 g/mol. The molecule has 0 radical (unpaired) electrons. The molecule has 0 saturated carbocycles. The third-order valence-electron chi connectivity index (χ3n) is 7.26. The largest absolute Gasteiger partial charge is 0.480 e. The van der Waals surface area contributed by atoms with E-state index in [-0.39, 0.29) is 6.42 Å². The monoisotopic (exact) mass is 540 g/mol. The molecule has 6 rings (SSSR count). The molecule has 4 aromatic carbocycles. The van der Waals surface area contributed by atoms with Gasteiger partial charge in [0.1, 0.15) is 6.04 Å². The van der Waals surface area contributed by atoms with Crippen LogP contribution in [0.4, 0.5) is 0 Å². The Morgan fingerprint density at radius 2 is 1.73 bits per heavy atom. The van der Waals surface area contributed by atoms with Crippen LogP contribution in [0.25, 0.3) is 44.7 Å². The van der Waals surface area contributed by atoms with Crippen molar-refractivity contribution >= 4 is 39.6 Å².